The molecule has 1 atom stereocenters. The molecule has 0 N–H and O–H groups in total. The SMILES string of the molecule is CCOC(=O)C1=C(C)N=c2s/c(=C\c3ccc(Cl)c(Cl)c3)c(=O)n2C1c1ccccc1Cl. The fraction of sp³-hybridized carbons (Fsp3) is 0.174. The monoisotopic (exact) mass is 506 g/mol. The molecule has 0 aliphatic carbocycles. The van der Waals surface area contributed by atoms with E-state index in [1.165, 1.54) is 15.9 Å². The summed E-state index contributed by atoms with van der Waals surface area (Å²) < 4.78 is 7.21. The van der Waals surface area contributed by atoms with Crippen molar-refractivity contribution in [3.8, 4) is 0 Å². The molecule has 0 amide bonds. The van der Waals surface area contributed by atoms with Crippen molar-refractivity contribution in [2.75, 3.05) is 6.61 Å². The second-order valence-corrected chi connectivity index (χ2v) is 9.23. The average Bonchev–Trinajstić information content (AvgIpc) is 3.05. The molecule has 0 fully saturated rings. The Morgan fingerprint density at radius 1 is 1.16 bits per heavy atom. The van der Waals surface area contributed by atoms with Crippen molar-refractivity contribution in [3.63, 3.8) is 0 Å². The van der Waals surface area contributed by atoms with Crippen molar-refractivity contribution >= 4 is 58.2 Å². The first-order valence-electron chi connectivity index (χ1n) is 9.71. The van der Waals surface area contributed by atoms with Crippen LogP contribution in [0.25, 0.3) is 6.08 Å². The van der Waals surface area contributed by atoms with Gasteiger partial charge in [-0.25, -0.2) is 9.79 Å². The number of benzene rings is 2. The van der Waals surface area contributed by atoms with Crippen molar-refractivity contribution in [2.45, 2.75) is 19.9 Å². The quantitative estimate of drug-likeness (QED) is 0.479. The lowest BCUT2D eigenvalue weighted by molar-refractivity contribution is -0.139. The van der Waals surface area contributed by atoms with Crippen molar-refractivity contribution < 1.29 is 9.53 Å². The summed E-state index contributed by atoms with van der Waals surface area (Å²) in [6.45, 7) is 3.66. The second kappa shape index (κ2) is 9.24. The topological polar surface area (TPSA) is 60.7 Å². The van der Waals surface area contributed by atoms with Crippen molar-refractivity contribution in [1.29, 1.82) is 0 Å². The number of allylic oxidation sites excluding steroid dienone is 1. The Bertz CT molecular complexity index is 1440. The lowest BCUT2D eigenvalue weighted by Crippen LogP contribution is -2.40. The highest BCUT2D eigenvalue weighted by Gasteiger charge is 2.34. The Hall–Kier alpha value is -2.38. The van der Waals surface area contributed by atoms with E-state index in [2.05, 4.69) is 4.99 Å². The van der Waals surface area contributed by atoms with Gasteiger partial charge in [-0.3, -0.25) is 9.36 Å². The van der Waals surface area contributed by atoms with Crippen molar-refractivity contribution in [1.82, 2.24) is 4.57 Å². The van der Waals surface area contributed by atoms with Crippen molar-refractivity contribution in [3.05, 3.63) is 99.6 Å². The fourth-order valence-corrected chi connectivity index (χ4v) is 5.13. The molecule has 164 valence electrons. The van der Waals surface area contributed by atoms with Gasteiger partial charge < -0.3 is 4.74 Å². The molecule has 1 aliphatic heterocycles. The molecule has 1 aliphatic rings. The Morgan fingerprint density at radius 3 is 2.59 bits per heavy atom. The summed E-state index contributed by atoms with van der Waals surface area (Å²) in [7, 11) is 0. The normalized spacial score (nSPS) is 16.0. The van der Waals surface area contributed by atoms with Crippen LogP contribution in [0.4, 0.5) is 0 Å². The van der Waals surface area contributed by atoms with Gasteiger partial charge in [-0.15, -0.1) is 0 Å². The van der Waals surface area contributed by atoms with E-state index in [4.69, 9.17) is 39.5 Å². The van der Waals surface area contributed by atoms with Crippen LogP contribution in [0.3, 0.4) is 0 Å². The Balaban J connectivity index is 1.98. The van der Waals surface area contributed by atoms with E-state index >= 15 is 0 Å². The summed E-state index contributed by atoms with van der Waals surface area (Å²) >= 11 is 19.8. The number of rotatable bonds is 4. The molecule has 0 radical (unpaired) electrons. The number of ether oxygens (including phenoxy) is 1. The number of carbonyl (C=O) groups is 1. The first kappa shape index (κ1) is 22.8. The molecule has 32 heavy (non-hydrogen) atoms. The van der Waals surface area contributed by atoms with Gasteiger partial charge in [-0.1, -0.05) is 70.4 Å². The van der Waals surface area contributed by atoms with E-state index in [1.807, 2.05) is 6.07 Å². The third-order valence-corrected chi connectivity index (χ3v) is 7.02. The van der Waals surface area contributed by atoms with E-state index in [1.54, 1.807) is 56.3 Å². The van der Waals surface area contributed by atoms with Gasteiger partial charge in [0.05, 0.1) is 32.5 Å². The molecule has 4 rings (SSSR count). The first-order chi connectivity index (χ1) is 15.3. The molecule has 1 unspecified atom stereocenters. The minimum atomic E-state index is -0.755. The maximum Gasteiger partial charge on any atom is 0.338 e. The predicted molar refractivity (Wildman–Crippen MR) is 128 cm³/mol. The zero-order valence-electron chi connectivity index (χ0n) is 17.1. The molecule has 3 aromatic rings. The number of hydrogen-bond donors (Lipinski definition) is 0. The summed E-state index contributed by atoms with van der Waals surface area (Å²) in [4.78, 5) is 31.4. The second-order valence-electron chi connectivity index (χ2n) is 7.00. The average molecular weight is 508 g/mol. The Labute approximate surface area is 202 Å². The van der Waals surface area contributed by atoms with E-state index < -0.39 is 12.0 Å². The molecule has 0 spiro atoms. The van der Waals surface area contributed by atoms with Crippen LogP contribution < -0.4 is 14.9 Å². The summed E-state index contributed by atoms with van der Waals surface area (Å²) in [6, 6.07) is 11.5. The number of halogens is 3. The third-order valence-electron chi connectivity index (χ3n) is 4.96. The van der Waals surface area contributed by atoms with Crippen LogP contribution in [0.15, 0.2) is 63.5 Å². The molecule has 0 bridgehead atoms. The van der Waals surface area contributed by atoms with Gasteiger partial charge in [0.25, 0.3) is 5.56 Å². The highest BCUT2D eigenvalue weighted by molar-refractivity contribution is 7.07. The van der Waals surface area contributed by atoms with E-state index in [9.17, 15) is 9.59 Å². The number of nitrogens with zero attached hydrogens (tertiary/aromatic N) is 2. The van der Waals surface area contributed by atoms with Crippen LogP contribution in [0.1, 0.15) is 31.0 Å². The van der Waals surface area contributed by atoms with Gasteiger partial charge in [0.15, 0.2) is 4.80 Å². The molecule has 0 saturated carbocycles. The number of carbonyl (C=O) groups excluding carboxylic acids is 1. The van der Waals surface area contributed by atoms with Crippen LogP contribution in [-0.4, -0.2) is 17.1 Å². The summed E-state index contributed by atoms with van der Waals surface area (Å²) in [5.74, 6) is -0.530. The zero-order chi connectivity index (χ0) is 23.0. The molecule has 2 aromatic carbocycles. The van der Waals surface area contributed by atoms with Crippen LogP contribution in [-0.2, 0) is 9.53 Å². The molecule has 0 saturated heterocycles. The minimum Gasteiger partial charge on any atom is -0.463 e. The molecule has 1 aromatic heterocycles. The largest absolute Gasteiger partial charge is 0.463 e. The standard InChI is InChI=1S/C23H17Cl3N2O3S/c1-3-31-22(30)19-12(2)27-23-28(20(19)14-6-4-5-7-15(14)24)21(29)18(32-23)11-13-8-9-16(25)17(26)10-13/h4-11,20H,3H2,1-2H3/b18-11-. The van der Waals surface area contributed by atoms with E-state index in [0.29, 0.717) is 35.7 Å². The van der Waals surface area contributed by atoms with E-state index in [0.717, 1.165) is 5.56 Å². The van der Waals surface area contributed by atoms with Crippen LogP contribution >= 0.6 is 46.1 Å². The third kappa shape index (κ3) is 4.16. The van der Waals surface area contributed by atoms with Gasteiger partial charge in [-0.2, -0.15) is 0 Å². The van der Waals surface area contributed by atoms with Gasteiger partial charge in [-0.05, 0) is 49.2 Å². The number of esters is 1. The molecule has 5 nitrogen and oxygen atoms in total. The van der Waals surface area contributed by atoms with Gasteiger partial charge >= 0.3 is 5.97 Å². The lowest BCUT2D eigenvalue weighted by Gasteiger charge is -2.25. The van der Waals surface area contributed by atoms with Gasteiger partial charge in [0.2, 0.25) is 0 Å². The molecule has 2 heterocycles. The minimum absolute atomic E-state index is 0.201. The number of aromatic nitrogens is 1. The van der Waals surface area contributed by atoms with Crippen LogP contribution in [0.2, 0.25) is 15.1 Å². The van der Waals surface area contributed by atoms with E-state index in [-0.39, 0.29) is 17.7 Å². The van der Waals surface area contributed by atoms with Gasteiger partial charge in [0.1, 0.15) is 6.04 Å². The zero-order valence-corrected chi connectivity index (χ0v) is 20.1. The lowest BCUT2D eigenvalue weighted by atomic mass is 9.96. The van der Waals surface area contributed by atoms with Crippen LogP contribution in [0, 0.1) is 0 Å². The maximum atomic E-state index is 13.5. The predicted octanol–water partition coefficient (Wildman–Crippen LogP) is 4.76. The summed E-state index contributed by atoms with van der Waals surface area (Å²) in [5, 5.41) is 1.26. The Kier molecular flexibility index (Phi) is 6.58. The molecule has 9 heteroatoms. The maximum absolute atomic E-state index is 13.5. The highest BCUT2D eigenvalue weighted by atomic mass is 35.5. The smallest absolute Gasteiger partial charge is 0.338 e. The Morgan fingerprint density at radius 2 is 1.91 bits per heavy atom. The number of thiazole rings is 1. The first-order valence-corrected chi connectivity index (χ1v) is 11.7. The summed E-state index contributed by atoms with van der Waals surface area (Å²) in [5.41, 5.74) is 1.82. The highest BCUT2D eigenvalue weighted by Crippen LogP contribution is 2.34. The van der Waals surface area contributed by atoms with Gasteiger partial charge in [0, 0.05) is 5.02 Å². The number of fused-ring (bicyclic) bond motifs is 1. The van der Waals surface area contributed by atoms with Crippen molar-refractivity contribution in [2.24, 2.45) is 4.99 Å². The molecular formula is C23H17Cl3N2O3S. The fourth-order valence-electron chi connectivity index (χ4n) is 3.54. The molecular weight excluding hydrogens is 491 g/mol. The van der Waals surface area contributed by atoms with Crippen LogP contribution in [0.5, 0.6) is 0 Å². The summed E-state index contributed by atoms with van der Waals surface area (Å²) in [6.07, 6.45) is 1.72. The number of hydrogen-bond acceptors (Lipinski definition) is 5.